The number of aromatic nitrogens is 2. The summed E-state index contributed by atoms with van der Waals surface area (Å²) in [5.74, 6) is 0.669. The molecule has 0 saturated heterocycles. The molecule has 0 unspecified atom stereocenters. The van der Waals surface area contributed by atoms with Crippen molar-refractivity contribution < 1.29 is 4.79 Å². The molecule has 30 heavy (non-hydrogen) atoms. The highest BCUT2D eigenvalue weighted by Crippen LogP contribution is 2.33. The van der Waals surface area contributed by atoms with Gasteiger partial charge in [0.15, 0.2) is 5.13 Å². The van der Waals surface area contributed by atoms with Crippen molar-refractivity contribution in [2.24, 2.45) is 0 Å². The number of fused-ring (bicyclic) bond motifs is 1. The van der Waals surface area contributed by atoms with Crippen molar-refractivity contribution in [3.63, 3.8) is 0 Å². The highest BCUT2D eigenvalue weighted by molar-refractivity contribution is 7.98. The van der Waals surface area contributed by atoms with E-state index in [1.165, 1.54) is 27.8 Å². The van der Waals surface area contributed by atoms with Crippen molar-refractivity contribution in [2.75, 3.05) is 4.90 Å². The van der Waals surface area contributed by atoms with E-state index in [4.69, 9.17) is 9.97 Å². The van der Waals surface area contributed by atoms with Gasteiger partial charge in [-0.3, -0.25) is 9.69 Å². The van der Waals surface area contributed by atoms with Crippen molar-refractivity contribution in [3.8, 4) is 0 Å². The summed E-state index contributed by atoms with van der Waals surface area (Å²) in [6.07, 6.45) is 0. The Kier molecular flexibility index (Phi) is 5.88. The largest absolute Gasteiger partial charge is 0.274 e. The standard InChI is InChI=1S/C24H23N3OS2/c1-15-9-10-22(17(3)11-15)27(18(4)28)24-25-19(14-30-24)13-29-23-12-16(2)20-7-5-6-8-21(20)26-23/h5-12,14H,13H2,1-4H3. The van der Waals surface area contributed by atoms with E-state index in [0.717, 1.165) is 27.5 Å². The zero-order valence-electron chi connectivity index (χ0n) is 17.5. The highest BCUT2D eigenvalue weighted by Gasteiger charge is 2.20. The van der Waals surface area contributed by atoms with Crippen molar-refractivity contribution in [1.82, 2.24) is 9.97 Å². The topological polar surface area (TPSA) is 46.1 Å². The first kappa shape index (κ1) is 20.6. The lowest BCUT2D eigenvalue weighted by molar-refractivity contribution is -0.115. The number of hydrogen-bond acceptors (Lipinski definition) is 5. The third-order valence-corrected chi connectivity index (χ3v) is 6.73. The first-order valence-corrected chi connectivity index (χ1v) is 11.6. The van der Waals surface area contributed by atoms with Crippen LogP contribution in [0, 0.1) is 20.8 Å². The number of benzene rings is 2. The van der Waals surface area contributed by atoms with Crippen LogP contribution < -0.4 is 4.90 Å². The third kappa shape index (κ3) is 4.25. The predicted octanol–water partition coefficient (Wildman–Crippen LogP) is 6.59. The van der Waals surface area contributed by atoms with Gasteiger partial charge in [-0.2, -0.15) is 0 Å². The molecule has 4 rings (SSSR count). The number of carbonyl (C=O) groups is 1. The first-order chi connectivity index (χ1) is 14.4. The number of para-hydroxylation sites is 1. The minimum atomic E-state index is -0.0395. The number of amides is 1. The van der Waals surface area contributed by atoms with Crippen LogP contribution in [0.3, 0.4) is 0 Å². The molecule has 2 aromatic heterocycles. The number of hydrogen-bond donors (Lipinski definition) is 0. The fourth-order valence-corrected chi connectivity index (χ4v) is 5.32. The molecule has 4 nitrogen and oxygen atoms in total. The summed E-state index contributed by atoms with van der Waals surface area (Å²) in [6, 6.07) is 16.4. The molecule has 0 aliphatic rings. The molecule has 2 heterocycles. The molecule has 1 amide bonds. The van der Waals surface area contributed by atoms with Gasteiger partial charge < -0.3 is 0 Å². The lowest BCUT2D eigenvalue weighted by atomic mass is 10.1. The van der Waals surface area contributed by atoms with Crippen LogP contribution in [-0.4, -0.2) is 15.9 Å². The van der Waals surface area contributed by atoms with Gasteiger partial charge in [0.1, 0.15) is 0 Å². The number of anilines is 2. The van der Waals surface area contributed by atoms with Crippen LogP contribution in [0.5, 0.6) is 0 Å². The predicted molar refractivity (Wildman–Crippen MR) is 127 cm³/mol. The molecule has 0 fully saturated rings. The number of aryl methyl sites for hydroxylation is 3. The Morgan fingerprint density at radius 2 is 1.83 bits per heavy atom. The quantitative estimate of drug-likeness (QED) is 0.333. The molecule has 2 aromatic carbocycles. The molecule has 6 heteroatoms. The molecule has 0 radical (unpaired) electrons. The van der Waals surface area contributed by atoms with Gasteiger partial charge in [0.25, 0.3) is 0 Å². The number of pyridine rings is 1. The van der Waals surface area contributed by atoms with Gasteiger partial charge in [-0.05, 0) is 50.1 Å². The Bertz CT molecular complexity index is 1230. The summed E-state index contributed by atoms with van der Waals surface area (Å²) >= 11 is 3.16. The van der Waals surface area contributed by atoms with E-state index in [-0.39, 0.29) is 5.91 Å². The summed E-state index contributed by atoms with van der Waals surface area (Å²) in [4.78, 5) is 23.6. The molecule has 0 saturated carbocycles. The van der Waals surface area contributed by atoms with E-state index in [2.05, 4.69) is 32.0 Å². The Hall–Kier alpha value is -2.70. The van der Waals surface area contributed by atoms with Gasteiger partial charge in [-0.25, -0.2) is 9.97 Å². The Morgan fingerprint density at radius 3 is 2.60 bits per heavy atom. The van der Waals surface area contributed by atoms with Gasteiger partial charge in [-0.1, -0.05) is 47.7 Å². The molecular weight excluding hydrogens is 410 g/mol. The van der Waals surface area contributed by atoms with Crippen LogP contribution in [0.25, 0.3) is 10.9 Å². The van der Waals surface area contributed by atoms with Crippen LogP contribution in [0.15, 0.2) is 58.9 Å². The second-order valence-corrected chi connectivity index (χ2v) is 9.18. The lowest BCUT2D eigenvalue weighted by Gasteiger charge is -2.20. The van der Waals surface area contributed by atoms with E-state index >= 15 is 0 Å². The van der Waals surface area contributed by atoms with Crippen LogP contribution in [-0.2, 0) is 10.5 Å². The van der Waals surface area contributed by atoms with Gasteiger partial charge >= 0.3 is 0 Å². The van der Waals surface area contributed by atoms with E-state index in [9.17, 15) is 4.79 Å². The molecule has 0 N–H and O–H groups in total. The maximum Gasteiger partial charge on any atom is 0.230 e. The van der Waals surface area contributed by atoms with Crippen LogP contribution in [0.1, 0.15) is 29.3 Å². The number of carbonyl (C=O) groups excluding carboxylic acids is 1. The molecule has 0 aliphatic carbocycles. The number of rotatable bonds is 5. The lowest BCUT2D eigenvalue weighted by Crippen LogP contribution is -2.23. The van der Waals surface area contributed by atoms with Crippen molar-refractivity contribution in [2.45, 2.75) is 38.5 Å². The van der Waals surface area contributed by atoms with Crippen LogP contribution in [0.4, 0.5) is 10.8 Å². The zero-order valence-corrected chi connectivity index (χ0v) is 19.1. The van der Waals surface area contributed by atoms with Gasteiger partial charge in [0, 0.05) is 23.4 Å². The first-order valence-electron chi connectivity index (χ1n) is 9.74. The summed E-state index contributed by atoms with van der Waals surface area (Å²) < 4.78 is 0. The molecular formula is C24H23N3OS2. The maximum absolute atomic E-state index is 12.4. The molecule has 0 bridgehead atoms. The van der Waals surface area contributed by atoms with Gasteiger partial charge in [0.05, 0.1) is 21.9 Å². The van der Waals surface area contributed by atoms with Crippen LogP contribution in [0.2, 0.25) is 0 Å². The fraction of sp³-hybridized carbons (Fsp3) is 0.208. The molecule has 4 aromatic rings. The molecule has 152 valence electrons. The van der Waals surface area contributed by atoms with E-state index in [1.54, 1.807) is 23.6 Å². The number of thioether (sulfide) groups is 1. The monoisotopic (exact) mass is 433 g/mol. The fourth-order valence-electron chi connectivity index (χ4n) is 3.47. The molecule has 0 atom stereocenters. The zero-order chi connectivity index (χ0) is 21.3. The minimum absolute atomic E-state index is 0.0395. The normalized spacial score (nSPS) is 11.1. The summed E-state index contributed by atoms with van der Waals surface area (Å²) in [5, 5.41) is 4.89. The Morgan fingerprint density at radius 1 is 1.03 bits per heavy atom. The second kappa shape index (κ2) is 8.58. The molecule has 0 spiro atoms. The SMILES string of the molecule is CC(=O)N(c1nc(CSc2cc(C)c3ccccc3n2)cs1)c1ccc(C)cc1C. The number of nitrogens with zero attached hydrogens (tertiary/aromatic N) is 3. The van der Waals surface area contributed by atoms with Crippen LogP contribution >= 0.6 is 23.1 Å². The summed E-state index contributed by atoms with van der Waals surface area (Å²) in [7, 11) is 0. The van der Waals surface area contributed by atoms with Crippen molar-refractivity contribution in [1.29, 1.82) is 0 Å². The minimum Gasteiger partial charge on any atom is -0.274 e. The third-order valence-electron chi connectivity index (χ3n) is 4.91. The summed E-state index contributed by atoms with van der Waals surface area (Å²) in [6.45, 7) is 7.77. The Balaban J connectivity index is 1.55. The van der Waals surface area contributed by atoms with Gasteiger partial charge in [-0.15, -0.1) is 11.3 Å². The average molecular weight is 434 g/mol. The van der Waals surface area contributed by atoms with Crippen molar-refractivity contribution >= 4 is 50.7 Å². The van der Waals surface area contributed by atoms with E-state index in [0.29, 0.717) is 10.9 Å². The van der Waals surface area contributed by atoms with E-state index < -0.39 is 0 Å². The maximum atomic E-state index is 12.4. The number of thiazole rings is 1. The second-order valence-electron chi connectivity index (χ2n) is 7.35. The summed E-state index contributed by atoms with van der Waals surface area (Å²) in [5.41, 5.74) is 6.30. The van der Waals surface area contributed by atoms with E-state index in [1.807, 2.05) is 42.6 Å². The van der Waals surface area contributed by atoms with Gasteiger partial charge in [0.2, 0.25) is 5.91 Å². The van der Waals surface area contributed by atoms with Crippen molar-refractivity contribution in [3.05, 3.63) is 76.3 Å². The highest BCUT2D eigenvalue weighted by atomic mass is 32.2. The average Bonchev–Trinajstić information content (AvgIpc) is 3.16. The molecule has 0 aliphatic heterocycles. The smallest absolute Gasteiger partial charge is 0.230 e. The Labute approximate surface area is 185 Å².